The molecule has 0 aromatic carbocycles. The molecule has 1 atom stereocenters. The fourth-order valence-electron chi connectivity index (χ4n) is 2.12. The summed E-state index contributed by atoms with van der Waals surface area (Å²) in [4.78, 5) is 0. The summed E-state index contributed by atoms with van der Waals surface area (Å²) in [6.45, 7) is 2.18. The Bertz CT molecular complexity index is 389. The topological polar surface area (TPSA) is 46.2 Å². The van der Waals surface area contributed by atoms with Gasteiger partial charge in [0.1, 0.15) is 6.23 Å². The first-order chi connectivity index (χ1) is 11.8. The molecule has 0 aliphatic heterocycles. The molecule has 2 heteroatoms. The molecule has 3 N–H and O–H groups in total. The highest BCUT2D eigenvalue weighted by molar-refractivity contribution is 4.99. The lowest BCUT2D eigenvalue weighted by molar-refractivity contribution is 0.173. The van der Waals surface area contributed by atoms with E-state index in [4.69, 9.17) is 10.8 Å². The molecule has 136 valence electrons. The van der Waals surface area contributed by atoms with E-state index in [0.29, 0.717) is 6.42 Å². The lowest BCUT2D eigenvalue weighted by Crippen LogP contribution is -2.17. The number of hydrogen-bond acceptors (Lipinski definition) is 2. The van der Waals surface area contributed by atoms with Gasteiger partial charge in [0.2, 0.25) is 0 Å². The summed E-state index contributed by atoms with van der Waals surface area (Å²) in [6, 6.07) is 0. The van der Waals surface area contributed by atoms with E-state index < -0.39 is 6.23 Å². The molecule has 0 saturated heterocycles. The van der Waals surface area contributed by atoms with Gasteiger partial charge in [0.05, 0.1) is 0 Å². The Balaban J connectivity index is 3.40. The van der Waals surface area contributed by atoms with Crippen molar-refractivity contribution in [2.24, 2.45) is 5.73 Å². The van der Waals surface area contributed by atoms with Crippen molar-refractivity contribution in [2.45, 2.75) is 77.4 Å². The van der Waals surface area contributed by atoms with E-state index in [2.05, 4.69) is 67.7 Å². The SMILES string of the molecule is CC/C=C\CCCC/C=C\C/C=C\C/C=C\C/C=C\CC[C@@H](N)O. The lowest BCUT2D eigenvalue weighted by atomic mass is 10.1. The highest BCUT2D eigenvalue weighted by atomic mass is 16.3. The van der Waals surface area contributed by atoms with Gasteiger partial charge in [-0.15, -0.1) is 0 Å². The van der Waals surface area contributed by atoms with Gasteiger partial charge in [0.25, 0.3) is 0 Å². The maximum Gasteiger partial charge on any atom is 0.102 e. The number of unbranched alkanes of at least 4 members (excludes halogenated alkanes) is 3. The molecular formula is C22H37NO. The van der Waals surface area contributed by atoms with Gasteiger partial charge >= 0.3 is 0 Å². The summed E-state index contributed by atoms with van der Waals surface area (Å²) in [5.74, 6) is 0. The highest BCUT2D eigenvalue weighted by Crippen LogP contribution is 2.03. The Kier molecular flexibility index (Phi) is 18.5. The minimum Gasteiger partial charge on any atom is -0.379 e. The standard InChI is InChI=1S/C22H37NO/c1-2-3-4-5-6-7-8-9-10-11-12-13-14-15-16-17-18-19-20-21-22(23)24/h3-4,9-10,12-13,15-16,18-19,22,24H,2,5-8,11,14,17,20-21,23H2,1H3/b4-3-,10-9-,13-12-,16-15-,19-18-/t22-/m0/s1. The maximum atomic E-state index is 8.91. The number of aliphatic hydroxyl groups is 1. The van der Waals surface area contributed by atoms with Crippen LogP contribution in [0.4, 0.5) is 0 Å². The Morgan fingerprint density at radius 2 is 1.08 bits per heavy atom. The molecule has 0 saturated carbocycles. The summed E-state index contributed by atoms with van der Waals surface area (Å²) in [5, 5.41) is 8.91. The second kappa shape index (κ2) is 19.7. The van der Waals surface area contributed by atoms with Crippen molar-refractivity contribution >= 4 is 0 Å². The molecule has 0 fully saturated rings. The summed E-state index contributed by atoms with van der Waals surface area (Å²) in [6.07, 6.45) is 32.0. The number of hydrogen-bond donors (Lipinski definition) is 2. The lowest BCUT2D eigenvalue weighted by Gasteiger charge is -1.98. The Morgan fingerprint density at radius 1 is 0.667 bits per heavy atom. The molecule has 24 heavy (non-hydrogen) atoms. The van der Waals surface area contributed by atoms with Crippen LogP contribution in [-0.4, -0.2) is 11.3 Å². The average molecular weight is 332 g/mol. The van der Waals surface area contributed by atoms with Gasteiger partial charge in [0, 0.05) is 0 Å². The van der Waals surface area contributed by atoms with Crippen molar-refractivity contribution in [3.05, 3.63) is 60.8 Å². The normalized spacial score (nSPS) is 14.3. The van der Waals surface area contributed by atoms with Gasteiger partial charge in [-0.05, 0) is 64.2 Å². The molecule has 0 unspecified atom stereocenters. The molecular weight excluding hydrogens is 294 g/mol. The van der Waals surface area contributed by atoms with Gasteiger partial charge in [-0.25, -0.2) is 0 Å². The van der Waals surface area contributed by atoms with Crippen molar-refractivity contribution in [3.8, 4) is 0 Å². The van der Waals surface area contributed by atoms with Crippen LogP contribution in [0.3, 0.4) is 0 Å². The van der Waals surface area contributed by atoms with Gasteiger partial charge in [0.15, 0.2) is 0 Å². The molecule has 0 spiro atoms. The zero-order valence-electron chi connectivity index (χ0n) is 15.4. The van der Waals surface area contributed by atoms with E-state index in [1.54, 1.807) is 0 Å². The first-order valence-corrected chi connectivity index (χ1v) is 9.46. The molecule has 0 amide bonds. The van der Waals surface area contributed by atoms with Crippen LogP contribution >= 0.6 is 0 Å². The third kappa shape index (κ3) is 20.6. The van der Waals surface area contributed by atoms with Crippen LogP contribution in [0, 0.1) is 0 Å². The molecule has 0 radical (unpaired) electrons. The van der Waals surface area contributed by atoms with E-state index in [1.807, 2.05) is 0 Å². The first-order valence-electron chi connectivity index (χ1n) is 9.46. The predicted molar refractivity (Wildman–Crippen MR) is 108 cm³/mol. The molecule has 0 bridgehead atoms. The third-order valence-corrected chi connectivity index (χ3v) is 3.51. The molecule has 2 nitrogen and oxygen atoms in total. The van der Waals surface area contributed by atoms with E-state index in [0.717, 1.165) is 32.1 Å². The number of aliphatic hydroxyl groups excluding tert-OH is 1. The fraction of sp³-hybridized carbons (Fsp3) is 0.545. The van der Waals surface area contributed by atoms with E-state index in [9.17, 15) is 0 Å². The molecule has 0 aliphatic carbocycles. The van der Waals surface area contributed by atoms with Crippen molar-refractivity contribution in [1.29, 1.82) is 0 Å². The van der Waals surface area contributed by atoms with Crippen molar-refractivity contribution in [1.82, 2.24) is 0 Å². The fourth-order valence-corrected chi connectivity index (χ4v) is 2.12. The van der Waals surface area contributed by atoms with Crippen molar-refractivity contribution in [2.75, 3.05) is 0 Å². The molecule has 0 rings (SSSR count). The quantitative estimate of drug-likeness (QED) is 0.221. The summed E-state index contributed by atoms with van der Waals surface area (Å²) in [5.41, 5.74) is 5.26. The summed E-state index contributed by atoms with van der Waals surface area (Å²) >= 11 is 0. The van der Waals surface area contributed by atoms with E-state index in [-0.39, 0.29) is 0 Å². The zero-order chi connectivity index (χ0) is 17.7. The van der Waals surface area contributed by atoms with Crippen molar-refractivity contribution < 1.29 is 5.11 Å². The van der Waals surface area contributed by atoms with Gasteiger partial charge in [-0.2, -0.15) is 0 Å². The smallest absolute Gasteiger partial charge is 0.102 e. The predicted octanol–water partition coefficient (Wildman–Crippen LogP) is 5.97. The Labute approximate surface area is 149 Å². The van der Waals surface area contributed by atoms with Gasteiger partial charge in [-0.3, -0.25) is 0 Å². The second-order valence-electron chi connectivity index (χ2n) is 5.90. The molecule has 0 aromatic rings. The average Bonchev–Trinajstić information content (AvgIpc) is 2.56. The second-order valence-corrected chi connectivity index (χ2v) is 5.90. The minimum atomic E-state index is -0.688. The van der Waals surface area contributed by atoms with Crippen molar-refractivity contribution in [3.63, 3.8) is 0 Å². The van der Waals surface area contributed by atoms with Crippen LogP contribution < -0.4 is 5.73 Å². The summed E-state index contributed by atoms with van der Waals surface area (Å²) in [7, 11) is 0. The van der Waals surface area contributed by atoms with Crippen LogP contribution in [0.2, 0.25) is 0 Å². The summed E-state index contributed by atoms with van der Waals surface area (Å²) < 4.78 is 0. The van der Waals surface area contributed by atoms with E-state index in [1.165, 1.54) is 25.7 Å². The van der Waals surface area contributed by atoms with Gasteiger partial charge in [-0.1, -0.05) is 67.7 Å². The Hall–Kier alpha value is -1.38. The van der Waals surface area contributed by atoms with Crippen LogP contribution in [-0.2, 0) is 0 Å². The zero-order valence-corrected chi connectivity index (χ0v) is 15.4. The highest BCUT2D eigenvalue weighted by Gasteiger charge is 1.90. The Morgan fingerprint density at radius 3 is 1.54 bits per heavy atom. The van der Waals surface area contributed by atoms with E-state index >= 15 is 0 Å². The number of nitrogens with two attached hydrogens (primary N) is 1. The third-order valence-electron chi connectivity index (χ3n) is 3.51. The van der Waals surface area contributed by atoms with Crippen LogP contribution in [0.25, 0.3) is 0 Å². The number of rotatable bonds is 15. The minimum absolute atomic E-state index is 0.631. The molecule has 0 heterocycles. The van der Waals surface area contributed by atoms with Gasteiger partial charge < -0.3 is 10.8 Å². The molecule has 0 aromatic heterocycles. The van der Waals surface area contributed by atoms with Crippen LogP contribution in [0.5, 0.6) is 0 Å². The maximum absolute atomic E-state index is 8.91. The largest absolute Gasteiger partial charge is 0.379 e. The molecule has 0 aliphatic rings. The first kappa shape index (κ1) is 22.6. The monoisotopic (exact) mass is 331 g/mol. The van der Waals surface area contributed by atoms with Crippen LogP contribution in [0.1, 0.15) is 71.1 Å². The van der Waals surface area contributed by atoms with Crippen LogP contribution in [0.15, 0.2) is 60.8 Å². The number of allylic oxidation sites excluding steroid dienone is 10.